The molecule has 0 aliphatic rings. The average Bonchev–Trinajstić information content (AvgIpc) is 1.96. The van der Waals surface area contributed by atoms with E-state index in [0.29, 0.717) is 0 Å². The Kier molecular flexibility index (Phi) is 4.89. The lowest BCUT2D eigenvalue weighted by Gasteiger charge is -2.09. The number of hydrogen-bond acceptors (Lipinski definition) is 7. The summed E-state index contributed by atoms with van der Waals surface area (Å²) in [6.07, 6.45) is -0.751. The number of ether oxygens (including phenoxy) is 1. The summed E-state index contributed by atoms with van der Waals surface area (Å²) < 4.78 is 4.47. The van der Waals surface area contributed by atoms with Gasteiger partial charge in [0.1, 0.15) is 12.6 Å². The van der Waals surface area contributed by atoms with Crippen LogP contribution in [0.15, 0.2) is 0 Å². The molecule has 0 aliphatic carbocycles. The molecule has 7 N–H and O–H groups in total. The molecule has 14 heavy (non-hydrogen) atoms. The van der Waals surface area contributed by atoms with Crippen LogP contribution < -0.4 is 5.73 Å². The van der Waals surface area contributed by atoms with Crippen molar-refractivity contribution in [1.29, 1.82) is 5.41 Å². The standard InChI is InChI=1S/C5H11N2O6P/c6-3(5(8)9)1-13-4(7)2-14(10,11)12/h3,7,10-12H,1-2,6H2/p+1/t3-/m0/s1. The van der Waals surface area contributed by atoms with E-state index in [4.69, 9.17) is 30.9 Å². The molecule has 1 atom stereocenters. The Hall–Kier alpha value is -0.790. The number of carboxylic acids is 1. The highest BCUT2D eigenvalue weighted by Crippen LogP contribution is 2.43. The zero-order valence-electron chi connectivity index (χ0n) is 7.12. The Morgan fingerprint density at radius 3 is 2.36 bits per heavy atom. The SMILES string of the molecule is N=C(C[P+](O)(O)O)OC[C@H](N)C(=O)O. The maximum Gasteiger partial charge on any atom is 0.413 e. The van der Waals surface area contributed by atoms with Gasteiger partial charge in [-0.3, -0.25) is 10.2 Å². The van der Waals surface area contributed by atoms with Crippen LogP contribution in [0, 0.1) is 5.41 Å². The molecular formula is C5H12N2O6P+. The van der Waals surface area contributed by atoms with Crippen LogP contribution in [-0.4, -0.2) is 50.5 Å². The maximum atomic E-state index is 10.2. The lowest BCUT2D eigenvalue weighted by molar-refractivity contribution is -0.139. The van der Waals surface area contributed by atoms with Crippen molar-refractivity contribution < 1.29 is 29.3 Å². The van der Waals surface area contributed by atoms with Crippen molar-refractivity contribution in [2.24, 2.45) is 5.73 Å². The lowest BCUT2D eigenvalue weighted by atomic mass is 10.3. The van der Waals surface area contributed by atoms with Crippen molar-refractivity contribution in [3.8, 4) is 0 Å². The largest absolute Gasteiger partial charge is 0.480 e. The Bertz CT molecular complexity index is 227. The molecule has 0 radical (unpaired) electrons. The van der Waals surface area contributed by atoms with Crippen molar-refractivity contribution in [2.45, 2.75) is 6.04 Å². The molecule has 0 fully saturated rings. The van der Waals surface area contributed by atoms with E-state index < -0.39 is 38.6 Å². The van der Waals surface area contributed by atoms with Gasteiger partial charge in [0.25, 0.3) is 0 Å². The van der Waals surface area contributed by atoms with Crippen LogP contribution in [0.2, 0.25) is 0 Å². The summed E-state index contributed by atoms with van der Waals surface area (Å²) in [6, 6.07) is -1.29. The minimum absolute atomic E-state index is 0.464. The number of nitrogens with two attached hydrogens (primary N) is 1. The van der Waals surface area contributed by atoms with Crippen molar-refractivity contribution in [1.82, 2.24) is 0 Å². The van der Waals surface area contributed by atoms with Crippen LogP contribution in [0.4, 0.5) is 0 Å². The van der Waals surface area contributed by atoms with Gasteiger partial charge in [0, 0.05) is 0 Å². The van der Waals surface area contributed by atoms with Gasteiger partial charge in [-0.2, -0.15) is 14.7 Å². The van der Waals surface area contributed by atoms with E-state index >= 15 is 0 Å². The quantitative estimate of drug-likeness (QED) is 0.182. The summed E-state index contributed by atoms with van der Waals surface area (Å²) in [5.74, 6) is -1.92. The van der Waals surface area contributed by atoms with Gasteiger partial charge in [-0.05, 0) is 0 Å². The molecule has 8 nitrogen and oxygen atoms in total. The first-order valence-electron chi connectivity index (χ1n) is 3.47. The summed E-state index contributed by atoms with van der Waals surface area (Å²) in [6.45, 7) is -0.464. The normalized spacial score (nSPS) is 13.4. The molecule has 0 bridgehead atoms. The van der Waals surface area contributed by atoms with E-state index in [0.717, 1.165) is 0 Å². The summed E-state index contributed by atoms with van der Waals surface area (Å²) >= 11 is 0. The molecule has 0 unspecified atom stereocenters. The third-order valence-corrected chi connectivity index (χ3v) is 1.82. The van der Waals surface area contributed by atoms with E-state index in [-0.39, 0.29) is 0 Å². The highest BCUT2D eigenvalue weighted by molar-refractivity contribution is 7.59. The maximum absolute atomic E-state index is 10.2. The number of rotatable bonds is 5. The van der Waals surface area contributed by atoms with Crippen molar-refractivity contribution in [2.75, 3.05) is 12.8 Å². The average molecular weight is 227 g/mol. The van der Waals surface area contributed by atoms with E-state index in [9.17, 15) is 4.79 Å². The fourth-order valence-corrected chi connectivity index (χ4v) is 0.977. The van der Waals surface area contributed by atoms with Crippen molar-refractivity contribution >= 4 is 19.8 Å². The fourth-order valence-electron chi connectivity index (χ4n) is 0.500. The van der Waals surface area contributed by atoms with Gasteiger partial charge >= 0.3 is 13.9 Å². The number of nitrogens with one attached hydrogen (secondary N) is 1. The monoisotopic (exact) mass is 227 g/mol. The van der Waals surface area contributed by atoms with Crippen LogP contribution in [0.5, 0.6) is 0 Å². The van der Waals surface area contributed by atoms with Gasteiger partial charge in [-0.15, -0.1) is 0 Å². The zero-order chi connectivity index (χ0) is 11.4. The minimum Gasteiger partial charge on any atom is -0.480 e. The Labute approximate surface area is 80.0 Å². The van der Waals surface area contributed by atoms with Crippen LogP contribution in [-0.2, 0) is 9.53 Å². The van der Waals surface area contributed by atoms with Crippen molar-refractivity contribution in [3.63, 3.8) is 0 Å². The Morgan fingerprint density at radius 2 is 2.00 bits per heavy atom. The summed E-state index contributed by atoms with van der Waals surface area (Å²) in [7, 11) is -4.09. The Morgan fingerprint density at radius 1 is 1.50 bits per heavy atom. The lowest BCUT2D eigenvalue weighted by Crippen LogP contribution is -2.36. The van der Waals surface area contributed by atoms with Gasteiger partial charge in [-0.1, -0.05) is 0 Å². The highest BCUT2D eigenvalue weighted by atomic mass is 31.2. The summed E-state index contributed by atoms with van der Waals surface area (Å²) in [5, 5.41) is 15.3. The molecule has 82 valence electrons. The second kappa shape index (κ2) is 5.18. The number of hydrogen-bond donors (Lipinski definition) is 6. The first-order chi connectivity index (χ1) is 6.22. The predicted molar refractivity (Wildman–Crippen MR) is 47.7 cm³/mol. The smallest absolute Gasteiger partial charge is 0.413 e. The van der Waals surface area contributed by atoms with Gasteiger partial charge in [0.15, 0.2) is 0 Å². The van der Waals surface area contributed by atoms with Crippen LogP contribution in [0.1, 0.15) is 0 Å². The molecular weight excluding hydrogens is 215 g/mol. The predicted octanol–water partition coefficient (Wildman–Crippen LogP) is -1.87. The first-order valence-corrected chi connectivity index (χ1v) is 5.30. The molecule has 0 rings (SSSR count). The molecule has 0 spiro atoms. The van der Waals surface area contributed by atoms with E-state index in [1.165, 1.54) is 0 Å². The molecule has 0 heterocycles. The third kappa shape index (κ3) is 6.70. The molecule has 0 aromatic carbocycles. The summed E-state index contributed by atoms with van der Waals surface area (Å²) in [4.78, 5) is 35.7. The molecule has 0 aromatic heterocycles. The number of aliphatic carboxylic acids is 1. The minimum atomic E-state index is -4.09. The van der Waals surface area contributed by atoms with Crippen molar-refractivity contribution in [3.05, 3.63) is 0 Å². The van der Waals surface area contributed by atoms with Gasteiger partial charge in [-0.25, -0.2) is 0 Å². The van der Waals surface area contributed by atoms with Gasteiger partial charge in [0.2, 0.25) is 12.1 Å². The molecule has 0 amide bonds. The van der Waals surface area contributed by atoms with Crippen LogP contribution in [0.3, 0.4) is 0 Å². The molecule has 0 saturated heterocycles. The third-order valence-electron chi connectivity index (χ3n) is 1.11. The van der Waals surface area contributed by atoms with Gasteiger partial charge in [0.05, 0.1) is 0 Å². The van der Waals surface area contributed by atoms with Crippen LogP contribution >= 0.6 is 7.94 Å². The fraction of sp³-hybridized carbons (Fsp3) is 0.600. The first kappa shape index (κ1) is 13.2. The summed E-state index contributed by atoms with van der Waals surface area (Å²) in [5.41, 5.74) is 5.03. The highest BCUT2D eigenvalue weighted by Gasteiger charge is 2.33. The van der Waals surface area contributed by atoms with E-state index in [1.807, 2.05) is 0 Å². The second-order valence-corrected chi connectivity index (χ2v) is 4.23. The van der Waals surface area contributed by atoms with Gasteiger partial charge < -0.3 is 15.6 Å². The molecule has 0 saturated carbocycles. The van der Waals surface area contributed by atoms with E-state index in [2.05, 4.69) is 4.74 Å². The molecule has 9 heteroatoms. The topological polar surface area (TPSA) is 157 Å². The van der Waals surface area contributed by atoms with E-state index in [1.54, 1.807) is 0 Å². The van der Waals surface area contributed by atoms with Crippen LogP contribution in [0.25, 0.3) is 0 Å². The zero-order valence-corrected chi connectivity index (χ0v) is 8.02. The molecule has 0 aliphatic heterocycles. The molecule has 0 aromatic rings. The Balaban J connectivity index is 3.81. The number of carbonyl (C=O) groups is 1. The number of carboxylic acid groups (broad SMARTS) is 1. The second-order valence-electron chi connectivity index (χ2n) is 2.53.